The van der Waals surface area contributed by atoms with Gasteiger partial charge in [-0.15, -0.1) is 0 Å². The number of carbonyl (C=O) groups excluding carboxylic acids is 1. The Bertz CT molecular complexity index is 1030. The topological polar surface area (TPSA) is 111 Å². The molecule has 3 rings (SSSR count). The molecule has 1 aromatic carbocycles. The van der Waals surface area contributed by atoms with Crippen LogP contribution in [0.1, 0.15) is 23.8 Å². The van der Waals surface area contributed by atoms with E-state index < -0.39 is 42.3 Å². The molecule has 1 saturated heterocycles. The van der Waals surface area contributed by atoms with Gasteiger partial charge in [0.1, 0.15) is 18.4 Å². The molecule has 1 aliphatic heterocycles. The quantitative estimate of drug-likeness (QED) is 0.606. The van der Waals surface area contributed by atoms with Gasteiger partial charge in [-0.25, -0.2) is 4.79 Å². The van der Waals surface area contributed by atoms with E-state index in [9.17, 15) is 19.5 Å². The lowest BCUT2D eigenvalue weighted by atomic mass is 10.1. The highest BCUT2D eigenvalue weighted by molar-refractivity contribution is 9.11. The molecular weight excluding hydrogens is 468 g/mol. The van der Waals surface area contributed by atoms with Crippen molar-refractivity contribution in [2.24, 2.45) is 0 Å². The van der Waals surface area contributed by atoms with E-state index in [1.807, 2.05) is 0 Å². The van der Waals surface area contributed by atoms with E-state index in [0.29, 0.717) is 10.6 Å². The molecule has 1 fully saturated rings. The molecule has 2 N–H and O–H groups in total. The van der Waals surface area contributed by atoms with Gasteiger partial charge in [0.25, 0.3) is 5.56 Å². The van der Waals surface area contributed by atoms with Crippen LogP contribution < -0.4 is 11.2 Å². The van der Waals surface area contributed by atoms with Crippen LogP contribution in [-0.4, -0.2) is 39.4 Å². The zero-order valence-corrected chi connectivity index (χ0v) is 17.4. The lowest BCUT2D eigenvalue weighted by Crippen LogP contribution is -2.33. The molecule has 29 heavy (non-hydrogen) atoms. The first-order chi connectivity index (χ1) is 13.9. The van der Waals surface area contributed by atoms with E-state index in [4.69, 9.17) is 21.1 Å². The molecule has 8 nitrogen and oxygen atoms in total. The Balaban J connectivity index is 1.75. The number of nitrogens with zero attached hydrogens (tertiary/aromatic N) is 1. The van der Waals surface area contributed by atoms with E-state index in [-0.39, 0.29) is 18.4 Å². The van der Waals surface area contributed by atoms with Gasteiger partial charge >= 0.3 is 11.7 Å². The van der Waals surface area contributed by atoms with Gasteiger partial charge in [0.05, 0.1) is 18.6 Å². The molecule has 2 heterocycles. The second-order valence-corrected chi connectivity index (χ2v) is 7.32. The van der Waals surface area contributed by atoms with Crippen molar-refractivity contribution in [2.45, 2.75) is 31.3 Å². The molecule has 0 amide bonds. The maximum atomic E-state index is 12.3. The van der Waals surface area contributed by atoms with Gasteiger partial charge in [-0.2, -0.15) is 0 Å². The van der Waals surface area contributed by atoms with Crippen LogP contribution in [0.25, 0.3) is 6.08 Å². The molecule has 0 radical (unpaired) electrons. The summed E-state index contributed by atoms with van der Waals surface area (Å²) in [6.45, 7) is -0.396. The monoisotopic (exact) mass is 484 g/mol. The fraction of sp³-hybridized carbons (Fsp3) is 0.316. The first-order valence-electron chi connectivity index (χ1n) is 8.74. The van der Waals surface area contributed by atoms with Crippen molar-refractivity contribution >= 4 is 39.6 Å². The predicted molar refractivity (Wildman–Crippen MR) is 110 cm³/mol. The third kappa shape index (κ3) is 5.05. The Morgan fingerprint density at radius 3 is 2.86 bits per heavy atom. The first-order valence-corrected chi connectivity index (χ1v) is 10.0. The second kappa shape index (κ2) is 9.53. The maximum absolute atomic E-state index is 12.3. The molecule has 1 aliphatic rings. The Hall–Kier alpha value is -2.20. The summed E-state index contributed by atoms with van der Waals surface area (Å²) in [7, 11) is 0. The number of aromatic amines is 1. The number of aliphatic hydroxyl groups excluding tert-OH is 1. The van der Waals surface area contributed by atoms with E-state index in [0.717, 1.165) is 0 Å². The minimum atomic E-state index is -0.808. The smallest absolute Gasteiger partial charge is 0.330 e. The molecule has 0 unspecified atom stereocenters. The summed E-state index contributed by atoms with van der Waals surface area (Å²) < 4.78 is 12.4. The van der Waals surface area contributed by atoms with Crippen molar-refractivity contribution in [3.8, 4) is 0 Å². The molecule has 0 aliphatic carbocycles. The van der Waals surface area contributed by atoms with Crippen molar-refractivity contribution < 1.29 is 19.4 Å². The van der Waals surface area contributed by atoms with Crippen LogP contribution in [0.2, 0.25) is 5.02 Å². The largest absolute Gasteiger partial charge is 0.459 e. The number of aromatic nitrogens is 2. The number of ether oxygens (including phenoxy) is 2. The second-order valence-electron chi connectivity index (χ2n) is 6.39. The number of nitrogens with one attached hydrogen (secondary N) is 1. The number of aliphatic hydroxyl groups is 1. The van der Waals surface area contributed by atoms with E-state index in [1.165, 1.54) is 21.8 Å². The SMILES string of the molecule is O=C(Cc1ccccc1Cl)O[C@H]1C[C@H](n2cc(/C=C/Br)c(=O)[nH]c2=O)O[C@@H]1CO. The van der Waals surface area contributed by atoms with Crippen LogP contribution >= 0.6 is 27.5 Å². The summed E-state index contributed by atoms with van der Waals surface area (Å²) in [5, 5.41) is 10.1. The molecular formula is C19H18BrClN2O6. The van der Waals surface area contributed by atoms with E-state index >= 15 is 0 Å². The van der Waals surface area contributed by atoms with E-state index in [2.05, 4.69) is 20.9 Å². The Morgan fingerprint density at radius 2 is 2.17 bits per heavy atom. The minimum absolute atomic E-state index is 0.0300. The minimum Gasteiger partial charge on any atom is -0.459 e. The van der Waals surface area contributed by atoms with Crippen molar-refractivity contribution in [2.75, 3.05) is 6.61 Å². The molecule has 10 heteroatoms. The van der Waals surface area contributed by atoms with Crippen LogP contribution in [0.3, 0.4) is 0 Å². The summed E-state index contributed by atoms with van der Waals surface area (Å²) in [4.78, 5) is 40.0. The number of halogens is 2. The standard InChI is InChI=1S/C19H18BrClN2O6/c20-6-5-12-9-23(19(27)22-18(12)26)16-8-14(15(10-24)28-16)29-17(25)7-11-3-1-2-4-13(11)21/h1-6,9,14-16,24H,7-8,10H2,(H,22,26,27)/b6-5+/t14-,15+,16+/m0/s1. The Kier molecular flexibility index (Phi) is 7.07. The van der Waals surface area contributed by atoms with Crippen molar-refractivity contribution in [3.63, 3.8) is 0 Å². The number of rotatable bonds is 6. The zero-order chi connectivity index (χ0) is 21.0. The summed E-state index contributed by atoms with van der Waals surface area (Å²) in [6.07, 6.45) is 0.580. The summed E-state index contributed by atoms with van der Waals surface area (Å²) in [5.41, 5.74) is -0.337. The maximum Gasteiger partial charge on any atom is 0.330 e. The highest BCUT2D eigenvalue weighted by Crippen LogP contribution is 2.30. The molecule has 2 aromatic rings. The lowest BCUT2D eigenvalue weighted by Gasteiger charge is -2.16. The highest BCUT2D eigenvalue weighted by atomic mass is 79.9. The molecule has 0 saturated carbocycles. The number of hydrogen-bond acceptors (Lipinski definition) is 6. The fourth-order valence-corrected chi connectivity index (χ4v) is 3.56. The normalized spacial score (nSPS) is 21.6. The highest BCUT2D eigenvalue weighted by Gasteiger charge is 2.39. The van der Waals surface area contributed by atoms with Gasteiger partial charge in [0.2, 0.25) is 0 Å². The predicted octanol–water partition coefficient (Wildman–Crippen LogP) is 1.99. The number of carbonyl (C=O) groups is 1. The fourth-order valence-electron chi connectivity index (χ4n) is 3.07. The summed E-state index contributed by atoms with van der Waals surface area (Å²) in [6, 6.07) is 6.92. The van der Waals surface area contributed by atoms with Crippen molar-refractivity contribution in [3.05, 3.63) is 72.4 Å². The average Bonchev–Trinajstić information content (AvgIpc) is 3.08. The Morgan fingerprint density at radius 1 is 1.41 bits per heavy atom. The molecule has 1 aromatic heterocycles. The Labute approximate surface area is 178 Å². The number of benzene rings is 1. The molecule has 3 atom stereocenters. The van der Waals surface area contributed by atoms with Crippen LogP contribution in [0.4, 0.5) is 0 Å². The average molecular weight is 486 g/mol. The molecule has 0 bridgehead atoms. The summed E-state index contributed by atoms with van der Waals surface area (Å²) in [5.74, 6) is -0.525. The van der Waals surface area contributed by atoms with E-state index in [1.54, 1.807) is 24.3 Å². The van der Waals surface area contributed by atoms with Crippen LogP contribution in [0.5, 0.6) is 0 Å². The molecule has 154 valence electrons. The van der Waals surface area contributed by atoms with Gasteiger partial charge in [-0.1, -0.05) is 45.7 Å². The van der Waals surface area contributed by atoms with Gasteiger partial charge in [0, 0.05) is 17.6 Å². The molecule has 0 spiro atoms. The number of hydrogen-bond donors (Lipinski definition) is 2. The van der Waals surface area contributed by atoms with Crippen molar-refractivity contribution in [1.29, 1.82) is 0 Å². The summed E-state index contributed by atoms with van der Waals surface area (Å²) >= 11 is 9.15. The van der Waals surface area contributed by atoms with Gasteiger partial charge in [0.15, 0.2) is 0 Å². The first kappa shape index (κ1) is 21.5. The van der Waals surface area contributed by atoms with Gasteiger partial charge in [-0.3, -0.25) is 19.1 Å². The lowest BCUT2D eigenvalue weighted by molar-refractivity contribution is -0.152. The number of H-pyrrole nitrogens is 1. The number of esters is 1. The third-order valence-corrected chi connectivity index (χ3v) is 5.12. The third-order valence-electron chi connectivity index (χ3n) is 4.48. The van der Waals surface area contributed by atoms with Crippen molar-refractivity contribution in [1.82, 2.24) is 9.55 Å². The zero-order valence-electron chi connectivity index (χ0n) is 15.1. The van der Waals surface area contributed by atoms with Gasteiger partial charge < -0.3 is 14.6 Å². The van der Waals surface area contributed by atoms with Crippen LogP contribution in [0, 0.1) is 0 Å². The van der Waals surface area contributed by atoms with Crippen LogP contribution in [-0.2, 0) is 20.7 Å². The van der Waals surface area contributed by atoms with Crippen LogP contribution in [0.15, 0.2) is 45.0 Å². The van der Waals surface area contributed by atoms with Gasteiger partial charge in [-0.05, 0) is 22.7 Å².